The first kappa shape index (κ1) is 22.7. The topological polar surface area (TPSA) is 96.7 Å². The fourth-order valence-corrected chi connectivity index (χ4v) is 5.09. The molecular formula is C26H25N7OS. The van der Waals surface area contributed by atoms with Gasteiger partial charge in [-0.3, -0.25) is 0 Å². The number of hydrogen-bond acceptors (Lipinski definition) is 7. The zero-order valence-electron chi connectivity index (χ0n) is 19.6. The number of aryl methyl sites for hydroxylation is 2. The number of nitrogen functional groups attached to an aromatic ring is 1. The molecule has 5 aromatic rings. The summed E-state index contributed by atoms with van der Waals surface area (Å²) in [7, 11) is 1.67. The molecule has 0 aliphatic carbocycles. The predicted molar refractivity (Wildman–Crippen MR) is 138 cm³/mol. The molecule has 0 fully saturated rings. The number of rotatable bonds is 8. The summed E-state index contributed by atoms with van der Waals surface area (Å²) in [6, 6.07) is 10.2. The van der Waals surface area contributed by atoms with Gasteiger partial charge in [-0.05, 0) is 54.4 Å². The lowest BCUT2D eigenvalue weighted by Crippen LogP contribution is -2.01. The van der Waals surface area contributed by atoms with E-state index in [1.54, 1.807) is 18.9 Å². The monoisotopic (exact) mass is 483 g/mol. The Labute approximate surface area is 207 Å². The maximum absolute atomic E-state index is 6.12. The fraction of sp³-hybridized carbons (Fsp3) is 0.231. The van der Waals surface area contributed by atoms with E-state index in [4.69, 9.17) is 26.9 Å². The third kappa shape index (κ3) is 4.53. The Balaban J connectivity index is 1.56. The number of imidazole rings is 1. The summed E-state index contributed by atoms with van der Waals surface area (Å²) in [5.41, 5.74) is 10.6. The van der Waals surface area contributed by atoms with Gasteiger partial charge in [-0.2, -0.15) is 0 Å². The third-order valence-corrected chi connectivity index (χ3v) is 6.79. The van der Waals surface area contributed by atoms with E-state index in [1.165, 1.54) is 6.33 Å². The first-order valence-corrected chi connectivity index (χ1v) is 12.1. The number of hydrogen-bond donors (Lipinski definition) is 1. The van der Waals surface area contributed by atoms with Crippen LogP contribution in [0.5, 0.6) is 5.75 Å². The summed E-state index contributed by atoms with van der Waals surface area (Å²) in [5, 5.41) is 1.87. The van der Waals surface area contributed by atoms with Crippen LogP contribution < -0.4 is 10.5 Å². The first-order valence-electron chi connectivity index (χ1n) is 11.2. The molecule has 5 rings (SSSR count). The van der Waals surface area contributed by atoms with Crippen molar-refractivity contribution < 1.29 is 4.74 Å². The Hall–Kier alpha value is -4.03. The van der Waals surface area contributed by atoms with E-state index in [-0.39, 0.29) is 0 Å². The van der Waals surface area contributed by atoms with Gasteiger partial charge in [0.15, 0.2) is 22.1 Å². The Kier molecular flexibility index (Phi) is 6.29. The molecule has 4 heterocycles. The van der Waals surface area contributed by atoms with Gasteiger partial charge in [0, 0.05) is 42.2 Å². The van der Waals surface area contributed by atoms with Crippen LogP contribution in [0.1, 0.15) is 24.0 Å². The van der Waals surface area contributed by atoms with Crippen molar-refractivity contribution in [3.8, 4) is 18.1 Å². The molecule has 0 bridgehead atoms. The molecule has 9 heteroatoms. The average Bonchev–Trinajstić information content (AvgIpc) is 3.38. The van der Waals surface area contributed by atoms with Crippen molar-refractivity contribution in [1.29, 1.82) is 0 Å². The second kappa shape index (κ2) is 9.68. The number of benzene rings is 1. The fourth-order valence-electron chi connectivity index (χ4n) is 4.02. The van der Waals surface area contributed by atoms with Crippen molar-refractivity contribution in [3.63, 3.8) is 0 Å². The second-order valence-electron chi connectivity index (χ2n) is 8.24. The lowest BCUT2D eigenvalue weighted by Gasteiger charge is -2.07. The SMILES string of the molecule is C#CCCCn1c(Sc2cn(Cc3ccc(OC)cc3)c3ncc(C)cc23)nc2c(N)ncnc21. The Morgan fingerprint density at radius 1 is 1.14 bits per heavy atom. The molecule has 8 nitrogen and oxygen atoms in total. The molecule has 2 N–H and O–H groups in total. The molecule has 176 valence electrons. The number of aromatic nitrogens is 6. The molecule has 0 aliphatic rings. The van der Waals surface area contributed by atoms with Crippen LogP contribution >= 0.6 is 11.8 Å². The van der Waals surface area contributed by atoms with Gasteiger partial charge >= 0.3 is 0 Å². The Morgan fingerprint density at radius 2 is 1.97 bits per heavy atom. The smallest absolute Gasteiger partial charge is 0.175 e. The van der Waals surface area contributed by atoms with Crippen LogP contribution in [-0.2, 0) is 13.1 Å². The second-order valence-corrected chi connectivity index (χ2v) is 9.25. The number of methoxy groups -OCH3 is 1. The van der Waals surface area contributed by atoms with Crippen LogP contribution in [0.15, 0.2) is 59.1 Å². The molecule has 0 amide bonds. The molecule has 4 aromatic heterocycles. The van der Waals surface area contributed by atoms with Crippen LogP contribution in [0.4, 0.5) is 5.82 Å². The van der Waals surface area contributed by atoms with Gasteiger partial charge in [0.1, 0.15) is 17.7 Å². The summed E-state index contributed by atoms with van der Waals surface area (Å²) >= 11 is 1.58. The summed E-state index contributed by atoms with van der Waals surface area (Å²) in [4.78, 5) is 19.2. The molecule has 0 atom stereocenters. The lowest BCUT2D eigenvalue weighted by atomic mass is 10.2. The van der Waals surface area contributed by atoms with Gasteiger partial charge in [-0.25, -0.2) is 19.9 Å². The number of nitrogens with two attached hydrogens (primary N) is 1. The highest BCUT2D eigenvalue weighted by Crippen LogP contribution is 2.36. The largest absolute Gasteiger partial charge is 0.497 e. The van der Waals surface area contributed by atoms with Crippen molar-refractivity contribution in [2.45, 2.75) is 42.9 Å². The maximum Gasteiger partial charge on any atom is 0.175 e. The average molecular weight is 484 g/mol. The molecule has 0 aliphatic heterocycles. The van der Waals surface area contributed by atoms with Crippen molar-refractivity contribution in [1.82, 2.24) is 29.1 Å². The zero-order chi connectivity index (χ0) is 24.4. The number of fused-ring (bicyclic) bond motifs is 2. The molecule has 0 saturated carbocycles. The summed E-state index contributed by atoms with van der Waals surface area (Å²) in [5.74, 6) is 3.91. The van der Waals surface area contributed by atoms with E-state index >= 15 is 0 Å². The normalized spacial score (nSPS) is 11.2. The van der Waals surface area contributed by atoms with Crippen molar-refractivity contribution in [3.05, 3.63) is 60.2 Å². The van der Waals surface area contributed by atoms with Crippen molar-refractivity contribution in [2.75, 3.05) is 12.8 Å². The standard InChI is InChI=1S/C26H25N7OS/c1-4-5-6-11-33-25-22(23(27)29-16-30-25)31-26(33)35-21-15-32(24-20(21)12-17(2)13-28-24)14-18-7-9-19(34-3)10-8-18/h1,7-10,12-13,15-16H,5-6,11,14H2,2-3H3,(H2,27,29,30). The third-order valence-electron chi connectivity index (χ3n) is 5.76. The summed E-state index contributed by atoms with van der Waals surface area (Å²) < 4.78 is 9.53. The van der Waals surface area contributed by atoms with Gasteiger partial charge < -0.3 is 19.6 Å². The molecular weight excluding hydrogens is 458 g/mol. The summed E-state index contributed by atoms with van der Waals surface area (Å²) in [6.45, 7) is 3.43. The number of pyridine rings is 1. The van der Waals surface area contributed by atoms with Gasteiger partial charge in [-0.1, -0.05) is 12.1 Å². The first-order chi connectivity index (χ1) is 17.1. The number of anilines is 1. The predicted octanol–water partition coefficient (Wildman–Crippen LogP) is 4.69. The van der Waals surface area contributed by atoms with E-state index in [9.17, 15) is 0 Å². The van der Waals surface area contributed by atoms with E-state index in [0.717, 1.165) is 44.4 Å². The van der Waals surface area contributed by atoms with Gasteiger partial charge in [0.25, 0.3) is 0 Å². The van der Waals surface area contributed by atoms with Gasteiger partial charge in [0.2, 0.25) is 0 Å². The highest BCUT2D eigenvalue weighted by atomic mass is 32.2. The lowest BCUT2D eigenvalue weighted by molar-refractivity contribution is 0.414. The highest BCUT2D eigenvalue weighted by Gasteiger charge is 2.19. The molecule has 1 aromatic carbocycles. The van der Waals surface area contributed by atoms with E-state index < -0.39 is 0 Å². The number of nitrogens with zero attached hydrogens (tertiary/aromatic N) is 6. The number of ether oxygens (including phenoxy) is 1. The van der Waals surface area contributed by atoms with E-state index in [1.807, 2.05) is 25.3 Å². The van der Waals surface area contributed by atoms with Crippen molar-refractivity contribution in [2.24, 2.45) is 0 Å². The molecule has 0 saturated heterocycles. The van der Waals surface area contributed by atoms with Crippen molar-refractivity contribution >= 4 is 39.8 Å². The van der Waals surface area contributed by atoms with Crippen LogP contribution in [0, 0.1) is 19.3 Å². The van der Waals surface area contributed by atoms with Crippen LogP contribution in [0.25, 0.3) is 22.2 Å². The highest BCUT2D eigenvalue weighted by molar-refractivity contribution is 7.99. The number of terminal acetylenes is 1. The maximum atomic E-state index is 6.12. The minimum atomic E-state index is 0.368. The van der Waals surface area contributed by atoms with Crippen LogP contribution in [0.2, 0.25) is 0 Å². The van der Waals surface area contributed by atoms with Crippen LogP contribution in [0.3, 0.4) is 0 Å². The van der Waals surface area contributed by atoms with E-state index in [2.05, 4.69) is 49.4 Å². The molecule has 0 spiro atoms. The Bertz CT molecular complexity index is 1550. The number of unbranched alkanes of at least 4 members (excludes halogenated alkanes) is 1. The minimum Gasteiger partial charge on any atom is -0.497 e. The van der Waals surface area contributed by atoms with Gasteiger partial charge in [0.05, 0.1) is 7.11 Å². The molecule has 0 radical (unpaired) electrons. The van der Waals surface area contributed by atoms with Crippen LogP contribution in [-0.4, -0.2) is 36.2 Å². The minimum absolute atomic E-state index is 0.368. The van der Waals surface area contributed by atoms with E-state index in [0.29, 0.717) is 36.5 Å². The van der Waals surface area contributed by atoms with Gasteiger partial charge in [-0.15, -0.1) is 12.3 Å². The Morgan fingerprint density at radius 3 is 2.74 bits per heavy atom. The molecule has 0 unspecified atom stereocenters. The summed E-state index contributed by atoms with van der Waals surface area (Å²) in [6.07, 6.45) is 12.5. The quantitative estimate of drug-likeness (QED) is 0.253. The molecule has 35 heavy (non-hydrogen) atoms. The zero-order valence-corrected chi connectivity index (χ0v) is 20.4.